The second-order valence-electron chi connectivity index (χ2n) is 7.65. The molecule has 0 radical (unpaired) electrons. The average molecular weight is 448 g/mol. The third-order valence-electron chi connectivity index (χ3n) is 5.48. The molecule has 5 rings (SSSR count). The van der Waals surface area contributed by atoms with Crippen molar-refractivity contribution in [2.24, 2.45) is 5.92 Å². The van der Waals surface area contributed by atoms with Crippen molar-refractivity contribution in [1.82, 2.24) is 29.7 Å². The van der Waals surface area contributed by atoms with E-state index in [-0.39, 0.29) is 17.4 Å². The fourth-order valence-corrected chi connectivity index (χ4v) is 4.07. The summed E-state index contributed by atoms with van der Waals surface area (Å²) >= 11 is 6.35. The van der Waals surface area contributed by atoms with E-state index in [2.05, 4.69) is 31.6 Å². The number of halogens is 1. The number of nitrogens with two attached hydrogens (primary N) is 1. The van der Waals surface area contributed by atoms with Crippen molar-refractivity contribution >= 4 is 34.3 Å². The molecule has 1 aliphatic carbocycles. The van der Waals surface area contributed by atoms with Crippen molar-refractivity contribution in [2.75, 3.05) is 11.1 Å². The normalized spacial score (nSPS) is 14.3. The lowest BCUT2D eigenvalue weighted by Crippen LogP contribution is -2.30. The van der Waals surface area contributed by atoms with Gasteiger partial charge < -0.3 is 11.1 Å². The number of aromatic amines is 1. The Morgan fingerprint density at radius 3 is 2.81 bits per heavy atom. The number of benzene rings is 1. The van der Waals surface area contributed by atoms with Gasteiger partial charge in [-0.15, -0.1) is 0 Å². The Morgan fingerprint density at radius 1 is 1.31 bits per heavy atom. The standard InChI is InChI=1S/C21H18ClN9O/c1-10-12(9-23)18(29-21(24)26-10)28-17(11-5-6-11)19-27-14-4-2-3-13(22)16(14)20(32)31(19)15-7-8-25-30-15/h2-4,7-8,11,17H,5-6H2,1H3,(H,25,30)(H3,24,26,28,29)/t17-/m0/s1. The number of aryl methyl sites for hydroxylation is 1. The first-order chi connectivity index (χ1) is 15.5. The molecule has 0 bridgehead atoms. The maximum Gasteiger partial charge on any atom is 0.268 e. The summed E-state index contributed by atoms with van der Waals surface area (Å²) in [6, 6.07) is 8.58. The van der Waals surface area contributed by atoms with E-state index in [4.69, 9.17) is 22.3 Å². The predicted molar refractivity (Wildman–Crippen MR) is 119 cm³/mol. The molecule has 4 N–H and O–H groups in total. The van der Waals surface area contributed by atoms with Gasteiger partial charge in [-0.3, -0.25) is 9.89 Å². The van der Waals surface area contributed by atoms with Gasteiger partial charge >= 0.3 is 0 Å². The first-order valence-corrected chi connectivity index (χ1v) is 10.4. The molecule has 1 atom stereocenters. The van der Waals surface area contributed by atoms with Crippen LogP contribution in [0.25, 0.3) is 16.7 Å². The minimum atomic E-state index is -0.407. The van der Waals surface area contributed by atoms with Gasteiger partial charge in [0.2, 0.25) is 5.95 Å². The molecule has 0 saturated heterocycles. The Bertz CT molecular complexity index is 1430. The molecule has 10 nitrogen and oxygen atoms in total. The molecule has 160 valence electrons. The van der Waals surface area contributed by atoms with Crippen molar-refractivity contribution in [2.45, 2.75) is 25.8 Å². The van der Waals surface area contributed by atoms with Gasteiger partial charge in [0.1, 0.15) is 29.1 Å². The van der Waals surface area contributed by atoms with E-state index in [0.29, 0.717) is 44.6 Å². The Kier molecular flexibility index (Phi) is 4.75. The van der Waals surface area contributed by atoms with Gasteiger partial charge in [0.15, 0.2) is 0 Å². The average Bonchev–Trinajstić information content (AvgIpc) is 3.45. The van der Waals surface area contributed by atoms with Crippen LogP contribution in [-0.2, 0) is 0 Å². The van der Waals surface area contributed by atoms with Crippen LogP contribution >= 0.6 is 11.6 Å². The second-order valence-corrected chi connectivity index (χ2v) is 8.06. The zero-order valence-electron chi connectivity index (χ0n) is 17.0. The molecule has 3 heterocycles. The Morgan fingerprint density at radius 2 is 2.12 bits per heavy atom. The molecule has 0 spiro atoms. The monoisotopic (exact) mass is 447 g/mol. The molecule has 32 heavy (non-hydrogen) atoms. The predicted octanol–water partition coefficient (Wildman–Crippen LogP) is 2.88. The number of H-pyrrole nitrogens is 1. The summed E-state index contributed by atoms with van der Waals surface area (Å²) in [5.74, 6) is 1.49. The highest BCUT2D eigenvalue weighted by Crippen LogP contribution is 2.43. The van der Waals surface area contributed by atoms with Crippen LogP contribution in [0.1, 0.15) is 36.0 Å². The molecule has 11 heteroatoms. The molecule has 0 amide bonds. The number of nitrogens with one attached hydrogen (secondary N) is 2. The lowest BCUT2D eigenvalue weighted by molar-refractivity contribution is 0.605. The first kappa shape index (κ1) is 20.0. The summed E-state index contributed by atoms with van der Waals surface area (Å²) in [4.78, 5) is 26.7. The van der Waals surface area contributed by atoms with E-state index in [1.54, 1.807) is 37.4 Å². The van der Waals surface area contributed by atoms with Gasteiger partial charge in [-0.2, -0.15) is 15.3 Å². The SMILES string of the molecule is Cc1nc(N)nc(N[C@H](c2nc3cccc(Cl)c3c(=O)n2-c2ccn[nH]2)C2CC2)c1C#N. The highest BCUT2D eigenvalue weighted by molar-refractivity contribution is 6.35. The number of hydrogen-bond acceptors (Lipinski definition) is 8. The van der Waals surface area contributed by atoms with Crippen LogP contribution < -0.4 is 16.6 Å². The van der Waals surface area contributed by atoms with E-state index in [1.807, 2.05) is 0 Å². The number of anilines is 2. The molecular formula is C21H18ClN9O. The summed E-state index contributed by atoms with van der Waals surface area (Å²) in [7, 11) is 0. The minimum Gasteiger partial charge on any atom is -0.368 e. The van der Waals surface area contributed by atoms with Crippen LogP contribution in [0.3, 0.4) is 0 Å². The molecule has 1 aromatic carbocycles. The smallest absolute Gasteiger partial charge is 0.268 e. The van der Waals surface area contributed by atoms with Crippen molar-refractivity contribution in [3.05, 3.63) is 62.9 Å². The highest BCUT2D eigenvalue weighted by Gasteiger charge is 2.37. The van der Waals surface area contributed by atoms with Gasteiger partial charge in [0.05, 0.1) is 33.9 Å². The van der Waals surface area contributed by atoms with Gasteiger partial charge in [0, 0.05) is 6.07 Å². The van der Waals surface area contributed by atoms with Crippen molar-refractivity contribution in [1.29, 1.82) is 5.26 Å². The summed E-state index contributed by atoms with van der Waals surface area (Å²) in [6.45, 7) is 1.70. The zero-order chi connectivity index (χ0) is 22.4. The molecule has 1 aliphatic rings. The number of nitriles is 1. The lowest BCUT2D eigenvalue weighted by atomic mass is 10.1. The maximum atomic E-state index is 13.6. The fourth-order valence-electron chi connectivity index (χ4n) is 3.82. The number of rotatable bonds is 5. The largest absolute Gasteiger partial charge is 0.368 e. The number of fused-ring (bicyclic) bond motifs is 1. The van der Waals surface area contributed by atoms with Gasteiger partial charge in [-0.1, -0.05) is 17.7 Å². The minimum absolute atomic E-state index is 0.0581. The third-order valence-corrected chi connectivity index (χ3v) is 5.80. The molecule has 1 fully saturated rings. The zero-order valence-corrected chi connectivity index (χ0v) is 17.8. The van der Waals surface area contributed by atoms with Crippen LogP contribution in [0, 0.1) is 24.2 Å². The summed E-state index contributed by atoms with van der Waals surface area (Å²) in [5, 5.41) is 20.4. The van der Waals surface area contributed by atoms with Gasteiger partial charge in [-0.25, -0.2) is 14.5 Å². The van der Waals surface area contributed by atoms with E-state index in [0.717, 1.165) is 12.8 Å². The lowest BCUT2D eigenvalue weighted by Gasteiger charge is -2.23. The van der Waals surface area contributed by atoms with Crippen molar-refractivity contribution in [3.63, 3.8) is 0 Å². The first-order valence-electron chi connectivity index (χ1n) is 9.99. The van der Waals surface area contributed by atoms with Gasteiger partial charge in [0.25, 0.3) is 5.56 Å². The Balaban J connectivity index is 1.75. The van der Waals surface area contributed by atoms with E-state index in [9.17, 15) is 10.1 Å². The molecule has 0 unspecified atom stereocenters. The fraction of sp³-hybridized carbons (Fsp3) is 0.238. The van der Waals surface area contributed by atoms with Crippen LogP contribution in [0.5, 0.6) is 0 Å². The maximum absolute atomic E-state index is 13.6. The molecule has 1 saturated carbocycles. The summed E-state index contributed by atoms with van der Waals surface area (Å²) in [5.41, 5.74) is 6.78. The highest BCUT2D eigenvalue weighted by atomic mass is 35.5. The van der Waals surface area contributed by atoms with Crippen molar-refractivity contribution in [3.8, 4) is 11.9 Å². The topological polar surface area (TPSA) is 151 Å². The number of aromatic nitrogens is 6. The molecule has 3 aromatic heterocycles. The van der Waals surface area contributed by atoms with Crippen LogP contribution in [0.15, 0.2) is 35.3 Å². The van der Waals surface area contributed by atoms with E-state index in [1.165, 1.54) is 4.57 Å². The van der Waals surface area contributed by atoms with E-state index >= 15 is 0 Å². The second kappa shape index (κ2) is 7.62. The Hall–Kier alpha value is -3.97. The number of hydrogen-bond donors (Lipinski definition) is 3. The van der Waals surface area contributed by atoms with E-state index < -0.39 is 6.04 Å². The summed E-state index contributed by atoms with van der Waals surface area (Å²) < 4.78 is 1.47. The molecule has 4 aromatic rings. The third kappa shape index (κ3) is 3.33. The molecule has 0 aliphatic heterocycles. The van der Waals surface area contributed by atoms with Crippen LogP contribution in [-0.4, -0.2) is 29.7 Å². The number of nitrogens with zero attached hydrogens (tertiary/aromatic N) is 6. The van der Waals surface area contributed by atoms with Crippen LogP contribution in [0.4, 0.5) is 11.8 Å². The quantitative estimate of drug-likeness (QED) is 0.422. The molecular weight excluding hydrogens is 430 g/mol. The van der Waals surface area contributed by atoms with Crippen LogP contribution in [0.2, 0.25) is 5.02 Å². The Labute approximate surface area is 187 Å². The summed E-state index contributed by atoms with van der Waals surface area (Å²) in [6.07, 6.45) is 3.43. The van der Waals surface area contributed by atoms with Crippen molar-refractivity contribution < 1.29 is 0 Å². The van der Waals surface area contributed by atoms with Gasteiger partial charge in [-0.05, 0) is 37.8 Å². The number of nitrogen functional groups attached to an aromatic ring is 1.